The van der Waals surface area contributed by atoms with Gasteiger partial charge in [0, 0.05) is 21.7 Å². The molecular formula is C12H14INO. The molecular weight excluding hydrogens is 301 g/mol. The number of amides is 1. The zero-order chi connectivity index (χ0) is 10.8. The van der Waals surface area contributed by atoms with Crippen LogP contribution in [0.4, 0.5) is 0 Å². The van der Waals surface area contributed by atoms with Crippen molar-refractivity contribution in [2.75, 3.05) is 6.54 Å². The van der Waals surface area contributed by atoms with Crippen molar-refractivity contribution >= 4 is 28.5 Å². The highest BCUT2D eigenvalue weighted by molar-refractivity contribution is 14.1. The van der Waals surface area contributed by atoms with Crippen LogP contribution in [0.1, 0.15) is 30.1 Å². The molecule has 1 aromatic carbocycles. The van der Waals surface area contributed by atoms with Crippen molar-refractivity contribution in [2.24, 2.45) is 0 Å². The van der Waals surface area contributed by atoms with Crippen molar-refractivity contribution in [3.05, 3.63) is 33.4 Å². The van der Waals surface area contributed by atoms with Crippen LogP contribution in [0.15, 0.2) is 24.3 Å². The molecule has 0 saturated carbocycles. The fourth-order valence-electron chi connectivity index (χ4n) is 1.99. The van der Waals surface area contributed by atoms with Crippen LogP contribution in [-0.2, 0) is 0 Å². The Kier molecular flexibility index (Phi) is 3.29. The second-order valence-electron chi connectivity index (χ2n) is 4.00. The minimum Gasteiger partial charge on any atom is -0.336 e. The highest BCUT2D eigenvalue weighted by atomic mass is 127. The first-order valence-corrected chi connectivity index (χ1v) is 6.33. The molecule has 1 heterocycles. The lowest BCUT2D eigenvalue weighted by Gasteiger charge is -2.21. The lowest BCUT2D eigenvalue weighted by Crippen LogP contribution is -2.33. The van der Waals surface area contributed by atoms with E-state index >= 15 is 0 Å². The maximum Gasteiger partial charge on any atom is 0.254 e. The number of rotatable bonds is 1. The number of likely N-dealkylation sites (tertiary alicyclic amines) is 1. The van der Waals surface area contributed by atoms with E-state index in [0.717, 1.165) is 24.9 Å². The Bertz CT molecular complexity index is 360. The summed E-state index contributed by atoms with van der Waals surface area (Å²) in [5.41, 5.74) is 0.809. The standard InChI is InChI=1S/C12H14INO/c1-9-3-2-8-14(9)12(15)10-4-6-11(13)7-5-10/h4-7,9H,2-3,8H2,1H3. The van der Waals surface area contributed by atoms with Crippen LogP contribution < -0.4 is 0 Å². The Labute approximate surface area is 104 Å². The lowest BCUT2D eigenvalue weighted by atomic mass is 10.2. The van der Waals surface area contributed by atoms with E-state index in [1.165, 1.54) is 3.57 Å². The van der Waals surface area contributed by atoms with Gasteiger partial charge in [-0.05, 0) is 66.6 Å². The SMILES string of the molecule is CC1CCCN1C(=O)c1ccc(I)cc1. The number of hydrogen-bond acceptors (Lipinski definition) is 1. The number of benzene rings is 1. The fraction of sp³-hybridized carbons (Fsp3) is 0.417. The molecule has 2 rings (SSSR count). The first-order valence-electron chi connectivity index (χ1n) is 5.25. The van der Waals surface area contributed by atoms with Gasteiger partial charge >= 0.3 is 0 Å². The molecule has 0 N–H and O–H groups in total. The Morgan fingerprint density at radius 3 is 2.60 bits per heavy atom. The van der Waals surface area contributed by atoms with Gasteiger partial charge < -0.3 is 4.90 Å². The molecule has 1 fully saturated rings. The Morgan fingerprint density at radius 2 is 2.07 bits per heavy atom. The summed E-state index contributed by atoms with van der Waals surface area (Å²) in [5.74, 6) is 0.177. The third-order valence-electron chi connectivity index (χ3n) is 2.91. The average Bonchev–Trinajstić information content (AvgIpc) is 2.65. The molecule has 1 amide bonds. The average molecular weight is 315 g/mol. The summed E-state index contributed by atoms with van der Waals surface area (Å²) < 4.78 is 1.17. The number of carbonyl (C=O) groups is 1. The van der Waals surface area contributed by atoms with E-state index in [9.17, 15) is 4.79 Å². The maximum absolute atomic E-state index is 12.1. The predicted molar refractivity (Wildman–Crippen MR) is 68.9 cm³/mol. The van der Waals surface area contributed by atoms with Crippen LogP contribution >= 0.6 is 22.6 Å². The second-order valence-corrected chi connectivity index (χ2v) is 5.24. The molecule has 1 unspecified atom stereocenters. The molecule has 1 aliphatic rings. The summed E-state index contributed by atoms with van der Waals surface area (Å²) in [7, 11) is 0. The van der Waals surface area contributed by atoms with Gasteiger partial charge in [-0.3, -0.25) is 4.79 Å². The topological polar surface area (TPSA) is 20.3 Å². The van der Waals surface area contributed by atoms with E-state index < -0.39 is 0 Å². The van der Waals surface area contributed by atoms with Gasteiger partial charge in [0.2, 0.25) is 0 Å². The minimum atomic E-state index is 0.177. The van der Waals surface area contributed by atoms with Crippen LogP contribution in [0.2, 0.25) is 0 Å². The van der Waals surface area contributed by atoms with Gasteiger partial charge in [-0.25, -0.2) is 0 Å². The molecule has 1 saturated heterocycles. The zero-order valence-corrected chi connectivity index (χ0v) is 10.9. The van der Waals surface area contributed by atoms with E-state index in [4.69, 9.17) is 0 Å². The van der Waals surface area contributed by atoms with Gasteiger partial charge in [-0.15, -0.1) is 0 Å². The lowest BCUT2D eigenvalue weighted by molar-refractivity contribution is 0.0747. The third-order valence-corrected chi connectivity index (χ3v) is 3.62. The summed E-state index contributed by atoms with van der Waals surface area (Å²) >= 11 is 2.25. The Balaban J connectivity index is 2.17. The van der Waals surface area contributed by atoms with Gasteiger partial charge in [0.1, 0.15) is 0 Å². The molecule has 0 aliphatic carbocycles. The van der Waals surface area contributed by atoms with Crippen LogP contribution in [0.25, 0.3) is 0 Å². The molecule has 0 spiro atoms. The molecule has 3 heteroatoms. The van der Waals surface area contributed by atoms with Gasteiger partial charge in [-0.2, -0.15) is 0 Å². The Hall–Kier alpha value is -0.580. The zero-order valence-electron chi connectivity index (χ0n) is 8.74. The number of halogens is 1. The van der Waals surface area contributed by atoms with Crippen molar-refractivity contribution in [3.8, 4) is 0 Å². The summed E-state index contributed by atoms with van der Waals surface area (Å²) in [4.78, 5) is 14.1. The molecule has 1 atom stereocenters. The first-order chi connectivity index (χ1) is 7.18. The van der Waals surface area contributed by atoms with Crippen molar-refractivity contribution in [3.63, 3.8) is 0 Å². The molecule has 15 heavy (non-hydrogen) atoms. The van der Waals surface area contributed by atoms with Gasteiger partial charge in [0.25, 0.3) is 5.91 Å². The van der Waals surface area contributed by atoms with Gasteiger partial charge in [-0.1, -0.05) is 0 Å². The molecule has 1 aliphatic heterocycles. The van der Waals surface area contributed by atoms with Crippen LogP contribution in [0.3, 0.4) is 0 Å². The number of hydrogen-bond donors (Lipinski definition) is 0. The Morgan fingerprint density at radius 1 is 1.40 bits per heavy atom. The van der Waals surface area contributed by atoms with Gasteiger partial charge in [0.15, 0.2) is 0 Å². The number of nitrogens with zero attached hydrogens (tertiary/aromatic N) is 1. The molecule has 80 valence electrons. The van der Waals surface area contributed by atoms with E-state index in [2.05, 4.69) is 29.5 Å². The van der Waals surface area contributed by atoms with Crippen molar-refractivity contribution < 1.29 is 4.79 Å². The highest BCUT2D eigenvalue weighted by Crippen LogP contribution is 2.19. The molecule has 1 aromatic rings. The molecule has 0 aromatic heterocycles. The van der Waals surface area contributed by atoms with Crippen LogP contribution in [0.5, 0.6) is 0 Å². The number of carbonyl (C=O) groups excluding carboxylic acids is 1. The van der Waals surface area contributed by atoms with Crippen molar-refractivity contribution in [2.45, 2.75) is 25.8 Å². The largest absolute Gasteiger partial charge is 0.336 e. The fourth-order valence-corrected chi connectivity index (χ4v) is 2.35. The molecule has 0 radical (unpaired) electrons. The third kappa shape index (κ3) is 2.33. The molecule has 2 nitrogen and oxygen atoms in total. The highest BCUT2D eigenvalue weighted by Gasteiger charge is 2.25. The molecule has 0 bridgehead atoms. The van der Waals surface area contributed by atoms with E-state index in [-0.39, 0.29) is 5.91 Å². The van der Waals surface area contributed by atoms with Crippen molar-refractivity contribution in [1.29, 1.82) is 0 Å². The maximum atomic E-state index is 12.1. The van der Waals surface area contributed by atoms with Gasteiger partial charge in [0.05, 0.1) is 0 Å². The quantitative estimate of drug-likeness (QED) is 0.730. The van der Waals surface area contributed by atoms with E-state index in [0.29, 0.717) is 6.04 Å². The predicted octanol–water partition coefficient (Wildman–Crippen LogP) is 2.92. The first kappa shape index (κ1) is 10.9. The summed E-state index contributed by atoms with van der Waals surface area (Å²) in [5, 5.41) is 0. The smallest absolute Gasteiger partial charge is 0.254 e. The van der Waals surface area contributed by atoms with Crippen molar-refractivity contribution in [1.82, 2.24) is 4.90 Å². The summed E-state index contributed by atoms with van der Waals surface area (Å²) in [6.07, 6.45) is 2.27. The monoisotopic (exact) mass is 315 g/mol. The van der Waals surface area contributed by atoms with E-state index in [1.807, 2.05) is 29.2 Å². The summed E-state index contributed by atoms with van der Waals surface area (Å²) in [6.45, 7) is 3.03. The van der Waals surface area contributed by atoms with E-state index in [1.54, 1.807) is 0 Å². The minimum absolute atomic E-state index is 0.177. The normalized spacial score (nSPS) is 20.7. The summed E-state index contributed by atoms with van der Waals surface area (Å²) in [6, 6.07) is 8.18. The van der Waals surface area contributed by atoms with Crippen LogP contribution in [0, 0.1) is 3.57 Å². The second kappa shape index (κ2) is 4.51. The van der Waals surface area contributed by atoms with Crippen LogP contribution in [-0.4, -0.2) is 23.4 Å².